The second-order valence-corrected chi connectivity index (χ2v) is 5.49. The van der Waals surface area contributed by atoms with E-state index in [1.807, 2.05) is 12.1 Å². The first-order valence-corrected chi connectivity index (χ1v) is 6.79. The molecule has 98 valence electrons. The molecule has 0 bridgehead atoms. The number of fused-ring (bicyclic) bond motifs is 1. The van der Waals surface area contributed by atoms with Gasteiger partial charge in [-0.2, -0.15) is 0 Å². The highest BCUT2D eigenvalue weighted by Gasteiger charge is 2.24. The Bertz CT molecular complexity index is 587. The SMILES string of the molecule is CC(C)c1cccc2c1NC(c1ccc(F)cc1)C2. The molecule has 0 spiro atoms. The number of hydrogen-bond donors (Lipinski definition) is 1. The normalized spacial score (nSPS) is 17.4. The Hall–Kier alpha value is -1.83. The zero-order chi connectivity index (χ0) is 13.4. The predicted octanol–water partition coefficient (Wildman–Crippen LogP) is 4.66. The number of anilines is 1. The third kappa shape index (κ3) is 2.23. The highest BCUT2D eigenvalue weighted by atomic mass is 19.1. The second kappa shape index (κ2) is 4.69. The van der Waals surface area contributed by atoms with Crippen LogP contribution in [0.5, 0.6) is 0 Å². The molecule has 2 aromatic carbocycles. The lowest BCUT2D eigenvalue weighted by Crippen LogP contribution is -2.06. The van der Waals surface area contributed by atoms with Crippen molar-refractivity contribution in [1.82, 2.24) is 0 Å². The summed E-state index contributed by atoms with van der Waals surface area (Å²) in [6.07, 6.45) is 0.974. The molecule has 2 aromatic rings. The molecule has 1 unspecified atom stereocenters. The Kier molecular flexibility index (Phi) is 3.02. The van der Waals surface area contributed by atoms with Crippen molar-refractivity contribution in [3.8, 4) is 0 Å². The van der Waals surface area contributed by atoms with E-state index < -0.39 is 0 Å². The molecule has 2 heteroatoms. The van der Waals surface area contributed by atoms with Crippen molar-refractivity contribution < 1.29 is 4.39 Å². The smallest absolute Gasteiger partial charge is 0.123 e. The van der Waals surface area contributed by atoms with Gasteiger partial charge in [-0.05, 0) is 41.2 Å². The van der Waals surface area contributed by atoms with Crippen molar-refractivity contribution in [1.29, 1.82) is 0 Å². The average molecular weight is 255 g/mol. The van der Waals surface area contributed by atoms with E-state index in [1.54, 1.807) is 0 Å². The van der Waals surface area contributed by atoms with Crippen molar-refractivity contribution in [3.05, 3.63) is 65.0 Å². The van der Waals surface area contributed by atoms with Crippen LogP contribution in [0.3, 0.4) is 0 Å². The van der Waals surface area contributed by atoms with E-state index in [-0.39, 0.29) is 11.9 Å². The van der Waals surface area contributed by atoms with Crippen LogP contribution in [0, 0.1) is 5.82 Å². The third-order valence-electron chi connectivity index (χ3n) is 3.82. The minimum atomic E-state index is -0.179. The van der Waals surface area contributed by atoms with Crippen LogP contribution in [0.2, 0.25) is 0 Å². The standard InChI is InChI=1S/C17H18FN/c1-11(2)15-5-3-4-13-10-16(19-17(13)15)12-6-8-14(18)9-7-12/h3-9,11,16,19H,10H2,1-2H3. The maximum atomic E-state index is 13.0. The zero-order valence-corrected chi connectivity index (χ0v) is 11.3. The fourth-order valence-corrected chi connectivity index (χ4v) is 2.79. The number of nitrogens with one attached hydrogen (secondary N) is 1. The summed E-state index contributed by atoms with van der Waals surface area (Å²) in [5, 5.41) is 3.60. The minimum Gasteiger partial charge on any atom is -0.377 e. The summed E-state index contributed by atoms with van der Waals surface area (Å²) in [5.74, 6) is 0.330. The van der Waals surface area contributed by atoms with Crippen LogP contribution in [-0.2, 0) is 6.42 Å². The first kappa shape index (κ1) is 12.2. The largest absolute Gasteiger partial charge is 0.377 e. The van der Waals surface area contributed by atoms with Crippen molar-refractivity contribution in [2.24, 2.45) is 0 Å². The van der Waals surface area contributed by atoms with Crippen LogP contribution in [0.15, 0.2) is 42.5 Å². The minimum absolute atomic E-state index is 0.179. The molecule has 0 radical (unpaired) electrons. The van der Waals surface area contributed by atoms with Crippen LogP contribution in [0.1, 0.15) is 42.5 Å². The molecule has 19 heavy (non-hydrogen) atoms. The lowest BCUT2D eigenvalue weighted by Gasteiger charge is -2.15. The van der Waals surface area contributed by atoms with Gasteiger partial charge in [-0.3, -0.25) is 0 Å². The van der Waals surface area contributed by atoms with Gasteiger partial charge in [0.05, 0.1) is 6.04 Å². The number of para-hydroxylation sites is 1. The summed E-state index contributed by atoms with van der Waals surface area (Å²) in [6, 6.07) is 13.6. The molecule has 0 saturated heterocycles. The van der Waals surface area contributed by atoms with Gasteiger partial charge >= 0.3 is 0 Å². The third-order valence-corrected chi connectivity index (χ3v) is 3.82. The summed E-state index contributed by atoms with van der Waals surface area (Å²) < 4.78 is 13.0. The van der Waals surface area contributed by atoms with Gasteiger partial charge < -0.3 is 5.32 Å². The van der Waals surface area contributed by atoms with Gasteiger partial charge in [0.25, 0.3) is 0 Å². The Morgan fingerprint density at radius 2 is 1.84 bits per heavy atom. The number of rotatable bonds is 2. The zero-order valence-electron chi connectivity index (χ0n) is 11.3. The average Bonchev–Trinajstić information content (AvgIpc) is 2.82. The van der Waals surface area contributed by atoms with E-state index in [1.165, 1.54) is 28.9 Å². The first-order chi connectivity index (χ1) is 9.15. The molecule has 0 aliphatic carbocycles. The Balaban J connectivity index is 1.92. The Morgan fingerprint density at radius 1 is 1.11 bits per heavy atom. The molecule has 1 aliphatic rings. The summed E-state index contributed by atoms with van der Waals surface area (Å²) in [5.41, 5.74) is 5.14. The van der Waals surface area contributed by atoms with Gasteiger partial charge in [0.15, 0.2) is 0 Å². The Labute approximate surface area is 113 Å². The van der Waals surface area contributed by atoms with Crippen molar-refractivity contribution >= 4 is 5.69 Å². The first-order valence-electron chi connectivity index (χ1n) is 6.79. The van der Waals surface area contributed by atoms with Crippen LogP contribution < -0.4 is 5.32 Å². The van der Waals surface area contributed by atoms with E-state index in [2.05, 4.69) is 37.4 Å². The van der Waals surface area contributed by atoms with Crippen LogP contribution >= 0.6 is 0 Å². The molecule has 0 fully saturated rings. The van der Waals surface area contributed by atoms with Crippen molar-refractivity contribution in [2.75, 3.05) is 5.32 Å². The maximum absolute atomic E-state index is 13.0. The molecule has 3 rings (SSSR count). The van der Waals surface area contributed by atoms with E-state index in [9.17, 15) is 4.39 Å². The fraction of sp³-hybridized carbons (Fsp3) is 0.294. The summed E-state index contributed by atoms with van der Waals surface area (Å²) in [7, 11) is 0. The summed E-state index contributed by atoms with van der Waals surface area (Å²) in [4.78, 5) is 0. The molecular formula is C17H18FN. The molecule has 0 aromatic heterocycles. The summed E-state index contributed by atoms with van der Waals surface area (Å²) in [6.45, 7) is 4.42. The van der Waals surface area contributed by atoms with Gasteiger partial charge in [0.2, 0.25) is 0 Å². The van der Waals surface area contributed by atoms with Crippen LogP contribution in [-0.4, -0.2) is 0 Å². The molecule has 1 atom stereocenters. The number of hydrogen-bond acceptors (Lipinski definition) is 1. The highest BCUT2D eigenvalue weighted by Crippen LogP contribution is 2.38. The second-order valence-electron chi connectivity index (χ2n) is 5.49. The topological polar surface area (TPSA) is 12.0 Å². The van der Waals surface area contributed by atoms with Gasteiger partial charge in [0, 0.05) is 5.69 Å². The van der Waals surface area contributed by atoms with Crippen LogP contribution in [0.25, 0.3) is 0 Å². The quantitative estimate of drug-likeness (QED) is 0.823. The number of benzene rings is 2. The molecule has 0 saturated carbocycles. The molecule has 1 aliphatic heterocycles. The molecule has 1 N–H and O–H groups in total. The van der Waals surface area contributed by atoms with Crippen molar-refractivity contribution in [2.45, 2.75) is 32.2 Å². The number of halogens is 1. The monoisotopic (exact) mass is 255 g/mol. The van der Waals surface area contributed by atoms with Gasteiger partial charge in [-0.25, -0.2) is 4.39 Å². The van der Waals surface area contributed by atoms with E-state index in [0.717, 1.165) is 12.0 Å². The lowest BCUT2D eigenvalue weighted by molar-refractivity contribution is 0.626. The van der Waals surface area contributed by atoms with Crippen LogP contribution in [0.4, 0.5) is 10.1 Å². The molecule has 1 nitrogen and oxygen atoms in total. The Morgan fingerprint density at radius 3 is 2.53 bits per heavy atom. The van der Waals surface area contributed by atoms with Gasteiger partial charge in [-0.15, -0.1) is 0 Å². The molecule has 0 amide bonds. The maximum Gasteiger partial charge on any atom is 0.123 e. The molecule has 1 heterocycles. The summed E-state index contributed by atoms with van der Waals surface area (Å²) >= 11 is 0. The fourth-order valence-electron chi connectivity index (χ4n) is 2.79. The van der Waals surface area contributed by atoms with E-state index in [4.69, 9.17) is 0 Å². The van der Waals surface area contributed by atoms with Gasteiger partial charge in [0.1, 0.15) is 5.82 Å². The molecular weight excluding hydrogens is 237 g/mol. The van der Waals surface area contributed by atoms with E-state index >= 15 is 0 Å². The van der Waals surface area contributed by atoms with Crippen molar-refractivity contribution in [3.63, 3.8) is 0 Å². The predicted molar refractivity (Wildman–Crippen MR) is 77.0 cm³/mol. The van der Waals surface area contributed by atoms with Gasteiger partial charge in [-0.1, -0.05) is 44.2 Å². The lowest BCUT2D eigenvalue weighted by atomic mass is 9.97. The highest BCUT2D eigenvalue weighted by molar-refractivity contribution is 5.64. The van der Waals surface area contributed by atoms with E-state index in [0.29, 0.717) is 5.92 Å².